The molecule has 0 bridgehead atoms. The highest BCUT2D eigenvalue weighted by atomic mass is 16.1. The maximum atomic E-state index is 12.1. The predicted molar refractivity (Wildman–Crippen MR) is 74.2 cm³/mol. The SMILES string of the molecule is CN(CC(=O)c1ccn(C)c1)c1ccc(C#N)cc1. The number of hydrogen-bond acceptors (Lipinski definition) is 3. The average Bonchev–Trinajstić information content (AvgIpc) is 2.85. The van der Waals surface area contributed by atoms with Gasteiger partial charge in [-0.05, 0) is 30.3 Å². The Bertz CT molecular complexity index is 620. The standard InChI is InChI=1S/C15H15N3O/c1-17-8-7-13(10-17)15(19)11-18(2)14-5-3-12(9-16)4-6-14/h3-8,10H,11H2,1-2H3. The van der Waals surface area contributed by atoms with Gasteiger partial charge in [0.2, 0.25) is 0 Å². The molecule has 0 fully saturated rings. The van der Waals surface area contributed by atoms with Crippen LogP contribution in [-0.2, 0) is 7.05 Å². The van der Waals surface area contributed by atoms with Crippen molar-refractivity contribution in [1.29, 1.82) is 5.26 Å². The molecule has 2 rings (SSSR count). The Morgan fingerprint density at radius 3 is 2.53 bits per heavy atom. The summed E-state index contributed by atoms with van der Waals surface area (Å²) in [5.74, 6) is 0.0764. The van der Waals surface area contributed by atoms with E-state index in [-0.39, 0.29) is 5.78 Å². The average molecular weight is 253 g/mol. The third-order valence-corrected chi connectivity index (χ3v) is 2.97. The molecule has 0 radical (unpaired) electrons. The molecule has 0 saturated heterocycles. The van der Waals surface area contributed by atoms with Crippen molar-refractivity contribution in [3.05, 3.63) is 53.9 Å². The third kappa shape index (κ3) is 3.02. The Kier molecular flexibility index (Phi) is 3.67. The molecule has 1 heterocycles. The minimum Gasteiger partial charge on any atom is -0.367 e. The number of likely N-dealkylation sites (N-methyl/N-ethyl adjacent to an activating group) is 1. The zero-order chi connectivity index (χ0) is 13.8. The molecular weight excluding hydrogens is 238 g/mol. The summed E-state index contributed by atoms with van der Waals surface area (Å²) < 4.78 is 1.86. The highest BCUT2D eigenvalue weighted by molar-refractivity contribution is 5.99. The van der Waals surface area contributed by atoms with Gasteiger partial charge in [-0.25, -0.2) is 0 Å². The predicted octanol–water partition coefficient (Wildman–Crippen LogP) is 2.22. The molecule has 0 saturated carbocycles. The maximum absolute atomic E-state index is 12.1. The first-order chi connectivity index (χ1) is 9.10. The van der Waals surface area contributed by atoms with Crippen molar-refractivity contribution >= 4 is 11.5 Å². The van der Waals surface area contributed by atoms with Crippen LogP contribution in [-0.4, -0.2) is 23.9 Å². The number of nitriles is 1. The van der Waals surface area contributed by atoms with E-state index in [0.29, 0.717) is 17.7 Å². The Morgan fingerprint density at radius 1 is 1.32 bits per heavy atom. The molecule has 0 aliphatic heterocycles. The number of benzene rings is 1. The number of nitrogens with zero attached hydrogens (tertiary/aromatic N) is 3. The maximum Gasteiger partial charge on any atom is 0.183 e. The smallest absolute Gasteiger partial charge is 0.183 e. The lowest BCUT2D eigenvalue weighted by Crippen LogP contribution is -2.25. The molecule has 1 aromatic heterocycles. The minimum absolute atomic E-state index is 0.0764. The Balaban J connectivity index is 2.06. The van der Waals surface area contributed by atoms with Crippen LogP contribution in [0.3, 0.4) is 0 Å². The number of aromatic nitrogens is 1. The Hall–Kier alpha value is -2.54. The second-order valence-electron chi connectivity index (χ2n) is 4.50. The van der Waals surface area contributed by atoms with E-state index in [9.17, 15) is 4.79 Å². The lowest BCUT2D eigenvalue weighted by molar-refractivity contribution is 0.100. The summed E-state index contributed by atoms with van der Waals surface area (Å²) in [6.45, 7) is 0.315. The Morgan fingerprint density at radius 2 is 2.00 bits per heavy atom. The fourth-order valence-electron chi connectivity index (χ4n) is 1.86. The number of hydrogen-bond donors (Lipinski definition) is 0. The second-order valence-corrected chi connectivity index (χ2v) is 4.50. The summed E-state index contributed by atoms with van der Waals surface area (Å²) in [6.07, 6.45) is 3.67. The van der Waals surface area contributed by atoms with Gasteiger partial charge in [0.25, 0.3) is 0 Å². The van der Waals surface area contributed by atoms with E-state index in [1.807, 2.05) is 54.2 Å². The van der Waals surface area contributed by atoms with Gasteiger partial charge in [-0.1, -0.05) is 0 Å². The molecule has 4 nitrogen and oxygen atoms in total. The fourth-order valence-corrected chi connectivity index (χ4v) is 1.86. The van der Waals surface area contributed by atoms with Crippen molar-refractivity contribution in [2.45, 2.75) is 0 Å². The molecule has 19 heavy (non-hydrogen) atoms. The van der Waals surface area contributed by atoms with Crippen molar-refractivity contribution in [2.75, 3.05) is 18.5 Å². The summed E-state index contributed by atoms with van der Waals surface area (Å²) in [7, 11) is 3.75. The van der Waals surface area contributed by atoms with Gasteiger partial charge < -0.3 is 9.47 Å². The van der Waals surface area contributed by atoms with Gasteiger partial charge in [0, 0.05) is 37.7 Å². The molecule has 96 valence electrons. The van der Waals surface area contributed by atoms with Crippen LogP contribution in [0.4, 0.5) is 5.69 Å². The summed E-state index contributed by atoms with van der Waals surface area (Å²) >= 11 is 0. The van der Waals surface area contributed by atoms with E-state index in [2.05, 4.69) is 6.07 Å². The van der Waals surface area contributed by atoms with Crippen LogP contribution >= 0.6 is 0 Å². The molecule has 2 aromatic rings. The number of carbonyl (C=O) groups excluding carboxylic acids is 1. The van der Waals surface area contributed by atoms with E-state index in [0.717, 1.165) is 5.69 Å². The summed E-state index contributed by atoms with van der Waals surface area (Å²) in [6, 6.07) is 11.1. The molecule has 0 amide bonds. The van der Waals surface area contributed by atoms with Crippen molar-refractivity contribution in [3.8, 4) is 6.07 Å². The summed E-state index contributed by atoms with van der Waals surface area (Å²) in [4.78, 5) is 13.9. The summed E-state index contributed by atoms with van der Waals surface area (Å²) in [5.41, 5.74) is 2.25. The van der Waals surface area contributed by atoms with Crippen molar-refractivity contribution in [2.24, 2.45) is 7.05 Å². The molecule has 0 atom stereocenters. The molecule has 0 N–H and O–H groups in total. The summed E-state index contributed by atoms with van der Waals surface area (Å²) in [5, 5.41) is 8.74. The second kappa shape index (κ2) is 5.40. The normalized spacial score (nSPS) is 9.95. The monoisotopic (exact) mass is 253 g/mol. The van der Waals surface area contributed by atoms with Crippen LogP contribution < -0.4 is 4.90 Å². The first-order valence-corrected chi connectivity index (χ1v) is 5.96. The molecule has 0 spiro atoms. The first-order valence-electron chi connectivity index (χ1n) is 5.96. The topological polar surface area (TPSA) is 49.0 Å². The first kappa shape index (κ1) is 12.9. The van der Waals surface area contributed by atoms with E-state index in [1.54, 1.807) is 12.1 Å². The van der Waals surface area contributed by atoms with Crippen molar-refractivity contribution in [1.82, 2.24) is 4.57 Å². The number of Topliss-reactive ketones (excluding diaryl/α,β-unsaturated/α-hetero) is 1. The highest BCUT2D eigenvalue weighted by Gasteiger charge is 2.10. The quantitative estimate of drug-likeness (QED) is 0.785. The van der Waals surface area contributed by atoms with E-state index in [1.165, 1.54) is 0 Å². The van der Waals surface area contributed by atoms with Crippen molar-refractivity contribution in [3.63, 3.8) is 0 Å². The number of aryl methyl sites for hydroxylation is 1. The van der Waals surface area contributed by atoms with Crippen LogP contribution in [0.5, 0.6) is 0 Å². The van der Waals surface area contributed by atoms with Gasteiger partial charge in [-0.15, -0.1) is 0 Å². The van der Waals surface area contributed by atoms with Crippen molar-refractivity contribution < 1.29 is 4.79 Å². The van der Waals surface area contributed by atoms with Gasteiger partial charge in [0.15, 0.2) is 5.78 Å². The molecule has 4 heteroatoms. The Labute approximate surface area is 112 Å². The molecular formula is C15H15N3O. The van der Waals surface area contributed by atoms with E-state index in [4.69, 9.17) is 5.26 Å². The lowest BCUT2D eigenvalue weighted by atomic mass is 10.2. The number of carbonyl (C=O) groups is 1. The van der Waals surface area contributed by atoms with Crippen LogP contribution in [0.2, 0.25) is 0 Å². The van der Waals surface area contributed by atoms with Gasteiger partial charge in [-0.2, -0.15) is 5.26 Å². The fraction of sp³-hybridized carbons (Fsp3) is 0.200. The minimum atomic E-state index is 0.0764. The van der Waals surface area contributed by atoms with Crippen LogP contribution in [0, 0.1) is 11.3 Å². The molecule has 1 aromatic carbocycles. The van der Waals surface area contributed by atoms with Crippen LogP contribution in [0.1, 0.15) is 15.9 Å². The number of rotatable bonds is 4. The highest BCUT2D eigenvalue weighted by Crippen LogP contribution is 2.14. The van der Waals surface area contributed by atoms with Gasteiger partial charge >= 0.3 is 0 Å². The molecule has 0 unspecified atom stereocenters. The third-order valence-electron chi connectivity index (χ3n) is 2.97. The van der Waals surface area contributed by atoms with E-state index < -0.39 is 0 Å². The van der Waals surface area contributed by atoms with Crippen LogP contribution in [0.15, 0.2) is 42.7 Å². The zero-order valence-electron chi connectivity index (χ0n) is 11.0. The van der Waals surface area contributed by atoms with Crippen LogP contribution in [0.25, 0.3) is 0 Å². The van der Waals surface area contributed by atoms with Gasteiger partial charge in [0.05, 0.1) is 18.2 Å². The molecule has 0 aliphatic rings. The largest absolute Gasteiger partial charge is 0.367 e. The van der Waals surface area contributed by atoms with Gasteiger partial charge in [-0.3, -0.25) is 4.79 Å². The lowest BCUT2D eigenvalue weighted by Gasteiger charge is -2.18. The van der Waals surface area contributed by atoms with E-state index >= 15 is 0 Å². The number of anilines is 1. The molecule has 0 aliphatic carbocycles. The zero-order valence-corrected chi connectivity index (χ0v) is 11.0. The van der Waals surface area contributed by atoms with Gasteiger partial charge in [0.1, 0.15) is 0 Å². The number of ketones is 1.